The average molecular weight is 218 g/mol. The number of aromatic nitrogens is 1. The van der Waals surface area contributed by atoms with Crippen molar-refractivity contribution in [1.29, 1.82) is 0 Å². The summed E-state index contributed by atoms with van der Waals surface area (Å²) < 4.78 is 2.03. The Labute approximate surface area is 93.5 Å². The third kappa shape index (κ3) is 2.18. The predicted molar refractivity (Wildman–Crippen MR) is 64.4 cm³/mol. The molecule has 0 aliphatic carbocycles. The summed E-state index contributed by atoms with van der Waals surface area (Å²) in [5, 5.41) is 2.04. The molecule has 0 aliphatic heterocycles. The Morgan fingerprint density at radius 1 is 1.20 bits per heavy atom. The van der Waals surface area contributed by atoms with Crippen LogP contribution in [0.5, 0.6) is 0 Å². The van der Waals surface area contributed by atoms with Gasteiger partial charge in [-0.1, -0.05) is 6.07 Å². The summed E-state index contributed by atoms with van der Waals surface area (Å²) in [6, 6.07) is 6.29. The standard InChI is InChI=1S/C12H14N2S/c1-9-4-5-11(8-10(9)2)13-12-14(3)6-7-15-12/h4-8H,1-3H3. The van der Waals surface area contributed by atoms with Crippen molar-refractivity contribution in [2.24, 2.45) is 12.0 Å². The molecule has 0 fully saturated rings. The number of hydrogen-bond acceptors (Lipinski definition) is 2. The number of hydrogen-bond donors (Lipinski definition) is 0. The molecule has 0 unspecified atom stereocenters. The van der Waals surface area contributed by atoms with E-state index in [9.17, 15) is 0 Å². The van der Waals surface area contributed by atoms with E-state index >= 15 is 0 Å². The lowest BCUT2D eigenvalue weighted by atomic mass is 10.1. The molecule has 0 atom stereocenters. The van der Waals surface area contributed by atoms with Crippen LogP contribution in [0.15, 0.2) is 34.8 Å². The Bertz CT molecular complexity index is 535. The molecule has 0 radical (unpaired) electrons. The minimum atomic E-state index is 1.02. The van der Waals surface area contributed by atoms with E-state index in [1.165, 1.54) is 11.1 Å². The van der Waals surface area contributed by atoms with Crippen LogP contribution >= 0.6 is 11.3 Å². The van der Waals surface area contributed by atoms with Crippen LogP contribution in [0, 0.1) is 13.8 Å². The zero-order valence-corrected chi connectivity index (χ0v) is 10.0. The van der Waals surface area contributed by atoms with Crippen molar-refractivity contribution in [1.82, 2.24) is 4.57 Å². The third-order valence-electron chi connectivity index (χ3n) is 2.47. The third-order valence-corrected chi connectivity index (χ3v) is 3.32. The highest BCUT2D eigenvalue weighted by atomic mass is 32.1. The van der Waals surface area contributed by atoms with Crippen LogP contribution in [-0.2, 0) is 7.05 Å². The fraction of sp³-hybridized carbons (Fsp3) is 0.250. The number of benzene rings is 1. The van der Waals surface area contributed by atoms with Crippen molar-refractivity contribution in [3.63, 3.8) is 0 Å². The molecule has 2 aromatic rings. The minimum absolute atomic E-state index is 1.02. The van der Waals surface area contributed by atoms with E-state index in [2.05, 4.69) is 37.0 Å². The van der Waals surface area contributed by atoms with Gasteiger partial charge in [0.05, 0.1) is 5.69 Å². The second kappa shape index (κ2) is 4.03. The monoisotopic (exact) mass is 218 g/mol. The Morgan fingerprint density at radius 3 is 2.60 bits per heavy atom. The van der Waals surface area contributed by atoms with Crippen LogP contribution in [0.4, 0.5) is 5.69 Å². The van der Waals surface area contributed by atoms with Gasteiger partial charge in [-0.15, -0.1) is 11.3 Å². The first-order valence-electron chi connectivity index (χ1n) is 4.89. The van der Waals surface area contributed by atoms with E-state index in [1.807, 2.05) is 23.2 Å². The molecule has 0 aliphatic rings. The van der Waals surface area contributed by atoms with Crippen molar-refractivity contribution in [2.45, 2.75) is 13.8 Å². The summed E-state index contributed by atoms with van der Waals surface area (Å²) in [5.74, 6) is 0. The summed E-state index contributed by atoms with van der Waals surface area (Å²) in [4.78, 5) is 5.61. The molecular formula is C12H14N2S. The normalized spacial score (nSPS) is 12.1. The molecule has 0 saturated carbocycles. The molecule has 1 aromatic carbocycles. The van der Waals surface area contributed by atoms with Crippen LogP contribution in [0.1, 0.15) is 11.1 Å². The molecule has 3 heteroatoms. The van der Waals surface area contributed by atoms with Crippen molar-refractivity contribution >= 4 is 17.0 Å². The van der Waals surface area contributed by atoms with Crippen molar-refractivity contribution < 1.29 is 0 Å². The first kappa shape index (κ1) is 10.2. The van der Waals surface area contributed by atoms with Gasteiger partial charge in [-0.2, -0.15) is 0 Å². The maximum Gasteiger partial charge on any atom is 0.189 e. The Kier molecular flexibility index (Phi) is 2.73. The van der Waals surface area contributed by atoms with Gasteiger partial charge >= 0.3 is 0 Å². The van der Waals surface area contributed by atoms with Crippen molar-refractivity contribution in [3.8, 4) is 0 Å². The summed E-state index contributed by atoms with van der Waals surface area (Å²) >= 11 is 1.65. The minimum Gasteiger partial charge on any atom is -0.327 e. The zero-order chi connectivity index (χ0) is 10.8. The maximum atomic E-state index is 4.58. The largest absolute Gasteiger partial charge is 0.327 e. The summed E-state index contributed by atoms with van der Waals surface area (Å²) in [7, 11) is 2.01. The first-order chi connectivity index (χ1) is 7.16. The van der Waals surface area contributed by atoms with E-state index in [0.717, 1.165) is 10.5 Å². The summed E-state index contributed by atoms with van der Waals surface area (Å²) in [5.41, 5.74) is 3.62. The fourth-order valence-corrected chi connectivity index (χ4v) is 2.09. The summed E-state index contributed by atoms with van der Waals surface area (Å²) in [6.07, 6.45) is 2.02. The molecule has 78 valence electrons. The Hall–Kier alpha value is -1.35. The molecule has 15 heavy (non-hydrogen) atoms. The molecule has 0 bridgehead atoms. The lowest BCUT2D eigenvalue weighted by molar-refractivity contribution is 0.874. The summed E-state index contributed by atoms with van der Waals surface area (Å²) in [6.45, 7) is 4.23. The molecule has 2 rings (SSSR count). The fourth-order valence-electron chi connectivity index (χ4n) is 1.34. The SMILES string of the molecule is Cc1ccc(N=c2sccn2C)cc1C. The quantitative estimate of drug-likeness (QED) is 0.700. The Morgan fingerprint density at radius 2 is 2.00 bits per heavy atom. The molecule has 0 spiro atoms. The van der Waals surface area contributed by atoms with Gasteiger partial charge in [0.15, 0.2) is 4.80 Å². The van der Waals surface area contributed by atoms with Crippen LogP contribution in [0.25, 0.3) is 0 Å². The average Bonchev–Trinajstić information content (AvgIpc) is 2.59. The van der Waals surface area contributed by atoms with Gasteiger partial charge in [0.1, 0.15) is 0 Å². The van der Waals surface area contributed by atoms with Crippen LogP contribution in [0.3, 0.4) is 0 Å². The van der Waals surface area contributed by atoms with Crippen LogP contribution < -0.4 is 4.80 Å². The number of thiazole rings is 1. The smallest absolute Gasteiger partial charge is 0.189 e. The van der Waals surface area contributed by atoms with Gasteiger partial charge in [-0.3, -0.25) is 0 Å². The maximum absolute atomic E-state index is 4.58. The number of nitrogens with zero attached hydrogens (tertiary/aromatic N) is 2. The molecule has 0 amide bonds. The highest BCUT2D eigenvalue weighted by Crippen LogP contribution is 2.16. The van der Waals surface area contributed by atoms with E-state index in [1.54, 1.807) is 11.3 Å². The highest BCUT2D eigenvalue weighted by Gasteiger charge is 1.95. The second-order valence-corrected chi connectivity index (χ2v) is 4.55. The number of aryl methyl sites for hydroxylation is 3. The molecule has 0 N–H and O–H groups in total. The molecular weight excluding hydrogens is 204 g/mol. The van der Waals surface area contributed by atoms with Crippen molar-refractivity contribution in [3.05, 3.63) is 45.7 Å². The lowest BCUT2D eigenvalue weighted by Gasteiger charge is -2.00. The van der Waals surface area contributed by atoms with Gasteiger partial charge in [0, 0.05) is 18.6 Å². The number of rotatable bonds is 1. The van der Waals surface area contributed by atoms with E-state index in [4.69, 9.17) is 0 Å². The lowest BCUT2D eigenvalue weighted by Crippen LogP contribution is -2.07. The van der Waals surface area contributed by atoms with Crippen LogP contribution in [-0.4, -0.2) is 4.57 Å². The van der Waals surface area contributed by atoms with Gasteiger partial charge in [0.25, 0.3) is 0 Å². The molecule has 1 heterocycles. The zero-order valence-electron chi connectivity index (χ0n) is 9.19. The first-order valence-corrected chi connectivity index (χ1v) is 5.77. The highest BCUT2D eigenvalue weighted by molar-refractivity contribution is 7.07. The van der Waals surface area contributed by atoms with E-state index in [0.29, 0.717) is 0 Å². The van der Waals surface area contributed by atoms with Gasteiger partial charge in [-0.05, 0) is 37.1 Å². The predicted octanol–water partition coefficient (Wildman–Crippen LogP) is 2.94. The topological polar surface area (TPSA) is 17.3 Å². The van der Waals surface area contributed by atoms with Gasteiger partial charge in [-0.25, -0.2) is 4.99 Å². The Balaban J connectivity index is 2.49. The van der Waals surface area contributed by atoms with Crippen LogP contribution in [0.2, 0.25) is 0 Å². The molecule has 1 aromatic heterocycles. The van der Waals surface area contributed by atoms with Gasteiger partial charge < -0.3 is 4.57 Å². The van der Waals surface area contributed by atoms with E-state index < -0.39 is 0 Å². The molecule has 0 saturated heterocycles. The van der Waals surface area contributed by atoms with Gasteiger partial charge in [0.2, 0.25) is 0 Å². The van der Waals surface area contributed by atoms with Crippen molar-refractivity contribution in [2.75, 3.05) is 0 Å². The van der Waals surface area contributed by atoms with E-state index in [-0.39, 0.29) is 0 Å². The second-order valence-electron chi connectivity index (χ2n) is 3.68. The molecule has 2 nitrogen and oxygen atoms in total.